The van der Waals surface area contributed by atoms with Gasteiger partial charge in [0.05, 0.1) is 7.11 Å². The first-order chi connectivity index (χ1) is 11.5. The molecule has 2 aromatic rings. The minimum atomic E-state index is -1.57. The van der Waals surface area contributed by atoms with Gasteiger partial charge in [-0.05, 0) is 53.2 Å². The third kappa shape index (κ3) is 4.30. The molecule has 1 unspecified atom stereocenters. The van der Waals surface area contributed by atoms with Crippen LogP contribution in [0.3, 0.4) is 0 Å². The summed E-state index contributed by atoms with van der Waals surface area (Å²) in [5.41, 5.74) is 2.24. The first-order valence-corrected chi connectivity index (χ1v) is 9.83. The lowest BCUT2D eigenvalue weighted by Crippen LogP contribution is -2.24. The highest BCUT2D eigenvalue weighted by Gasteiger charge is 2.25. The van der Waals surface area contributed by atoms with E-state index >= 15 is 0 Å². The number of carbonyl (C=O) groups is 1. The molecular weight excluding hydrogens is 322 g/mol. The molecule has 0 aliphatic carbocycles. The van der Waals surface area contributed by atoms with Crippen molar-refractivity contribution in [1.82, 2.24) is 0 Å². The second-order valence-electron chi connectivity index (χ2n) is 5.69. The smallest absolute Gasteiger partial charge is 0.303 e. The van der Waals surface area contributed by atoms with Crippen LogP contribution in [0.4, 0.5) is 5.69 Å². The molecule has 0 radical (unpaired) electrons. The van der Waals surface area contributed by atoms with Crippen LogP contribution in [0.5, 0.6) is 0 Å². The second-order valence-corrected chi connectivity index (χ2v) is 8.65. The van der Waals surface area contributed by atoms with Crippen LogP contribution in [0.15, 0.2) is 59.5 Å². The minimum Gasteiger partial charge on any atom is -0.481 e. The van der Waals surface area contributed by atoms with Crippen LogP contribution < -0.4 is 4.31 Å². The van der Waals surface area contributed by atoms with Gasteiger partial charge in [0.2, 0.25) is 0 Å². The van der Waals surface area contributed by atoms with E-state index in [9.17, 15) is 4.79 Å². The van der Waals surface area contributed by atoms with Crippen LogP contribution in [0.1, 0.15) is 18.4 Å². The summed E-state index contributed by atoms with van der Waals surface area (Å²) < 4.78 is 8.09. The fourth-order valence-electron chi connectivity index (χ4n) is 2.56. The Labute approximate surface area is 145 Å². The van der Waals surface area contributed by atoms with E-state index in [1.54, 1.807) is 7.11 Å². The van der Waals surface area contributed by atoms with Crippen LogP contribution >= 0.6 is 10.5 Å². The molecule has 4 nitrogen and oxygen atoms in total. The highest BCUT2D eigenvalue weighted by atomic mass is 32.3. The van der Waals surface area contributed by atoms with Crippen molar-refractivity contribution < 1.29 is 14.1 Å². The lowest BCUT2D eigenvalue weighted by Gasteiger charge is -2.44. The number of hydrogen-bond donors (Lipinski definition) is 1. The summed E-state index contributed by atoms with van der Waals surface area (Å²) in [5.74, 6) is -0.742. The van der Waals surface area contributed by atoms with Crippen molar-refractivity contribution in [3.05, 3.63) is 60.2 Å². The van der Waals surface area contributed by atoms with E-state index in [2.05, 4.69) is 47.0 Å². The van der Waals surface area contributed by atoms with Crippen LogP contribution in [0.25, 0.3) is 0 Å². The summed E-state index contributed by atoms with van der Waals surface area (Å²) in [5, 5.41) is 8.72. The van der Waals surface area contributed by atoms with Crippen LogP contribution in [-0.2, 0) is 15.4 Å². The molecule has 0 spiro atoms. The predicted molar refractivity (Wildman–Crippen MR) is 101 cm³/mol. The molecule has 0 saturated heterocycles. The number of hydrogen-bond acceptors (Lipinski definition) is 3. The Balaban J connectivity index is 2.13. The normalized spacial score (nSPS) is 14.6. The average Bonchev–Trinajstić information content (AvgIpc) is 2.61. The van der Waals surface area contributed by atoms with Gasteiger partial charge < -0.3 is 13.6 Å². The predicted octanol–water partition coefficient (Wildman–Crippen LogP) is 4.50. The van der Waals surface area contributed by atoms with Gasteiger partial charge in [0.1, 0.15) is 0 Å². The Morgan fingerprint density at radius 2 is 1.75 bits per heavy atom. The molecule has 0 fully saturated rings. The molecule has 2 rings (SSSR count). The third-order valence-corrected chi connectivity index (χ3v) is 7.24. The molecule has 130 valence electrons. The molecule has 1 N–H and O–H groups in total. The van der Waals surface area contributed by atoms with E-state index in [0.29, 0.717) is 6.42 Å². The molecule has 1 atom stereocenters. The zero-order valence-corrected chi connectivity index (χ0v) is 15.3. The lowest BCUT2D eigenvalue weighted by molar-refractivity contribution is -0.137. The molecule has 24 heavy (non-hydrogen) atoms. The maximum Gasteiger partial charge on any atom is 0.303 e. The summed E-state index contributed by atoms with van der Waals surface area (Å²) in [4.78, 5) is 11.8. The van der Waals surface area contributed by atoms with Crippen molar-refractivity contribution >= 4 is 22.2 Å². The average molecular weight is 347 g/mol. The van der Waals surface area contributed by atoms with Gasteiger partial charge in [-0.15, -0.1) is 0 Å². The number of nitrogens with zero attached hydrogens (tertiary/aromatic N) is 1. The standard InChI is InChI=1S/C19H25NO3S/c1-20(24(3,23-2)18-9-5-4-6-10-18)17-14-12-16(13-15-17)8-7-11-19(21)22/h4-6,9-10,12-15H,7-8,11H2,1-3H3,(H,21,22). The van der Waals surface area contributed by atoms with Crippen molar-refractivity contribution in [1.29, 1.82) is 0 Å². The summed E-state index contributed by atoms with van der Waals surface area (Å²) in [6, 6.07) is 18.5. The quantitative estimate of drug-likeness (QED) is 0.764. The fraction of sp³-hybridized carbons (Fsp3) is 0.316. The number of rotatable bonds is 8. The Kier molecular flexibility index (Phi) is 6.29. The topological polar surface area (TPSA) is 49.8 Å². The van der Waals surface area contributed by atoms with Crippen LogP contribution in [-0.4, -0.2) is 31.5 Å². The molecule has 0 bridgehead atoms. The first kappa shape index (κ1) is 18.4. The van der Waals surface area contributed by atoms with Gasteiger partial charge in [0.15, 0.2) is 0 Å². The maximum atomic E-state index is 10.6. The number of carboxylic acid groups (broad SMARTS) is 1. The molecule has 0 heterocycles. The Bertz CT molecular complexity index is 660. The molecule has 0 saturated carbocycles. The lowest BCUT2D eigenvalue weighted by atomic mass is 10.1. The highest BCUT2D eigenvalue weighted by Crippen LogP contribution is 2.56. The first-order valence-electron chi connectivity index (χ1n) is 7.91. The number of aliphatic carboxylic acids is 1. The van der Waals surface area contributed by atoms with Crippen molar-refractivity contribution in [3.63, 3.8) is 0 Å². The van der Waals surface area contributed by atoms with Gasteiger partial charge in [0, 0.05) is 30.3 Å². The van der Waals surface area contributed by atoms with E-state index in [1.807, 2.05) is 25.2 Å². The largest absolute Gasteiger partial charge is 0.481 e. The van der Waals surface area contributed by atoms with Gasteiger partial charge in [0.25, 0.3) is 0 Å². The molecular formula is C19H25NO3S. The SMILES string of the molecule is COS(C)(c1ccccc1)N(C)c1ccc(CCCC(=O)O)cc1. The van der Waals surface area contributed by atoms with Gasteiger partial charge >= 0.3 is 5.97 Å². The summed E-state index contributed by atoms with van der Waals surface area (Å²) in [7, 11) is 2.22. The molecule has 2 aromatic carbocycles. The van der Waals surface area contributed by atoms with E-state index in [1.165, 1.54) is 4.90 Å². The third-order valence-electron chi connectivity index (χ3n) is 4.18. The molecule has 0 aliphatic rings. The maximum absolute atomic E-state index is 10.6. The van der Waals surface area contributed by atoms with Crippen molar-refractivity contribution in [2.75, 3.05) is 24.7 Å². The van der Waals surface area contributed by atoms with E-state index in [4.69, 9.17) is 9.29 Å². The molecule has 5 heteroatoms. The summed E-state index contributed by atoms with van der Waals surface area (Å²) >= 11 is 0. The van der Waals surface area contributed by atoms with Crippen molar-refractivity contribution in [2.45, 2.75) is 24.2 Å². The summed E-state index contributed by atoms with van der Waals surface area (Å²) in [6.07, 6.45) is 3.78. The Morgan fingerprint density at radius 3 is 2.29 bits per heavy atom. The Morgan fingerprint density at radius 1 is 1.12 bits per heavy atom. The van der Waals surface area contributed by atoms with Crippen molar-refractivity contribution in [3.8, 4) is 0 Å². The van der Waals surface area contributed by atoms with Gasteiger partial charge in [-0.2, -0.15) is 0 Å². The van der Waals surface area contributed by atoms with Crippen LogP contribution in [0.2, 0.25) is 0 Å². The zero-order valence-electron chi connectivity index (χ0n) is 14.4. The number of benzene rings is 2. The van der Waals surface area contributed by atoms with Crippen molar-refractivity contribution in [2.24, 2.45) is 0 Å². The van der Waals surface area contributed by atoms with Gasteiger partial charge in [-0.25, -0.2) is 0 Å². The minimum absolute atomic E-state index is 0.210. The number of carboxylic acids is 1. The van der Waals surface area contributed by atoms with E-state index in [0.717, 1.165) is 17.7 Å². The van der Waals surface area contributed by atoms with Gasteiger partial charge in [-0.1, -0.05) is 30.3 Å². The van der Waals surface area contributed by atoms with Crippen LogP contribution in [0, 0.1) is 0 Å². The monoisotopic (exact) mass is 347 g/mol. The Hall–Kier alpha value is -1.98. The van der Waals surface area contributed by atoms with E-state index < -0.39 is 16.5 Å². The second kappa shape index (κ2) is 8.22. The molecule has 0 amide bonds. The number of anilines is 1. The highest BCUT2D eigenvalue weighted by molar-refractivity contribution is 8.30. The molecule has 0 aromatic heterocycles. The zero-order chi connectivity index (χ0) is 17.6. The fourth-order valence-corrected chi connectivity index (χ4v) is 4.47. The number of aryl methyl sites for hydroxylation is 1. The van der Waals surface area contributed by atoms with Gasteiger partial charge in [-0.3, -0.25) is 4.79 Å². The summed E-state index contributed by atoms with van der Waals surface area (Å²) in [6.45, 7) is 0. The van der Waals surface area contributed by atoms with E-state index in [-0.39, 0.29) is 6.42 Å². The molecule has 0 aliphatic heterocycles.